The van der Waals surface area contributed by atoms with Crippen LogP contribution >= 0.6 is 24.0 Å². The molecule has 0 radical (unpaired) electrons. The average molecular weight is 510 g/mol. The lowest BCUT2D eigenvalue weighted by atomic mass is 9.95. The van der Waals surface area contributed by atoms with Gasteiger partial charge in [0.2, 0.25) is 0 Å². The third-order valence-electron chi connectivity index (χ3n) is 5.57. The molecule has 1 aliphatic rings. The summed E-state index contributed by atoms with van der Waals surface area (Å²) < 4.78 is 1.87. The van der Waals surface area contributed by atoms with E-state index in [2.05, 4.69) is 64.8 Å². The maximum Gasteiger partial charge on any atom is 0.191 e. The Morgan fingerprint density at radius 2 is 1.90 bits per heavy atom. The molecule has 1 aromatic heterocycles. The van der Waals surface area contributed by atoms with Crippen molar-refractivity contribution in [3.8, 4) is 0 Å². The van der Waals surface area contributed by atoms with Gasteiger partial charge in [-0.2, -0.15) is 5.10 Å². The molecular weight excluding hydrogens is 475 g/mol. The smallest absolute Gasteiger partial charge is 0.191 e. The zero-order valence-electron chi connectivity index (χ0n) is 17.8. The quantitative estimate of drug-likeness (QED) is 0.340. The molecule has 0 aliphatic carbocycles. The zero-order chi connectivity index (χ0) is 19.8. The summed E-state index contributed by atoms with van der Waals surface area (Å²) in [6.45, 7) is 9.08. The monoisotopic (exact) mass is 510 g/mol. The summed E-state index contributed by atoms with van der Waals surface area (Å²) in [4.78, 5) is 7.37. The minimum Gasteiger partial charge on any atom is -0.357 e. The van der Waals surface area contributed by atoms with E-state index in [1.165, 1.54) is 18.4 Å². The number of benzene rings is 1. The minimum atomic E-state index is 0. The van der Waals surface area contributed by atoms with Crippen LogP contribution in [0.1, 0.15) is 44.0 Å². The van der Waals surface area contributed by atoms with Gasteiger partial charge < -0.3 is 10.6 Å². The number of halogens is 1. The third kappa shape index (κ3) is 6.99. The van der Waals surface area contributed by atoms with Crippen molar-refractivity contribution in [1.82, 2.24) is 25.3 Å². The highest BCUT2D eigenvalue weighted by molar-refractivity contribution is 14.0. The summed E-state index contributed by atoms with van der Waals surface area (Å²) in [5.74, 6) is 1.69. The van der Waals surface area contributed by atoms with Crippen molar-refractivity contribution in [2.24, 2.45) is 18.0 Å². The maximum atomic E-state index is 4.75. The van der Waals surface area contributed by atoms with E-state index in [1.54, 1.807) is 0 Å². The molecule has 1 atom stereocenters. The molecule has 0 bridgehead atoms. The highest BCUT2D eigenvalue weighted by Crippen LogP contribution is 2.26. The van der Waals surface area contributed by atoms with E-state index in [1.807, 2.05) is 24.0 Å². The molecule has 1 saturated heterocycles. The summed E-state index contributed by atoms with van der Waals surface area (Å²) in [7, 11) is 1.95. The maximum absolute atomic E-state index is 4.75. The van der Waals surface area contributed by atoms with Crippen molar-refractivity contribution in [3.63, 3.8) is 0 Å². The fourth-order valence-electron chi connectivity index (χ4n) is 3.72. The normalized spacial score (nSPS) is 16.9. The number of piperidine rings is 1. The van der Waals surface area contributed by atoms with Gasteiger partial charge in [-0.15, -0.1) is 24.0 Å². The number of aliphatic imine (C=N–C) groups is 1. The Bertz CT molecular complexity index is 737. The van der Waals surface area contributed by atoms with Gasteiger partial charge in [-0.05, 0) is 50.4 Å². The largest absolute Gasteiger partial charge is 0.357 e. The van der Waals surface area contributed by atoms with Crippen LogP contribution in [0.5, 0.6) is 0 Å². The summed E-state index contributed by atoms with van der Waals surface area (Å²) in [6, 6.07) is 13.2. The molecule has 6 nitrogen and oxygen atoms in total. The predicted molar refractivity (Wildman–Crippen MR) is 131 cm³/mol. The van der Waals surface area contributed by atoms with Gasteiger partial charge in [-0.25, -0.2) is 4.99 Å². The Morgan fingerprint density at radius 1 is 1.17 bits per heavy atom. The number of rotatable bonds is 7. The first-order valence-corrected chi connectivity index (χ1v) is 10.5. The molecular formula is C22H35IN6. The van der Waals surface area contributed by atoms with E-state index in [0.29, 0.717) is 12.6 Å². The van der Waals surface area contributed by atoms with Crippen LogP contribution in [0, 0.1) is 5.92 Å². The molecule has 2 heterocycles. The lowest BCUT2D eigenvalue weighted by Gasteiger charge is -2.37. The Labute approximate surface area is 192 Å². The van der Waals surface area contributed by atoms with Crippen LogP contribution < -0.4 is 10.6 Å². The predicted octanol–water partition coefficient (Wildman–Crippen LogP) is 3.57. The second-order valence-electron chi connectivity index (χ2n) is 7.67. The van der Waals surface area contributed by atoms with Crippen LogP contribution in [0.3, 0.4) is 0 Å². The summed E-state index contributed by atoms with van der Waals surface area (Å²) >= 11 is 0. The SMILES string of the molecule is CCNC(=NCc1ccnn1C)NCC(c1ccccc1)N1CCC(C)CC1.I. The first kappa shape index (κ1) is 23.7. The standard InChI is InChI=1S/C22H34N6.HI/c1-4-23-22(24-16-20-10-13-26-27(20)3)25-17-21(19-8-6-5-7-9-19)28-14-11-18(2)12-15-28;/h5-10,13,18,21H,4,11-12,14-17H2,1-3H3,(H2,23,24,25);1H. The summed E-state index contributed by atoms with van der Waals surface area (Å²) in [6.07, 6.45) is 4.37. The van der Waals surface area contributed by atoms with E-state index < -0.39 is 0 Å². The van der Waals surface area contributed by atoms with Crippen molar-refractivity contribution in [2.45, 2.75) is 39.3 Å². The Kier molecular flexibility index (Phi) is 9.93. The third-order valence-corrected chi connectivity index (χ3v) is 5.57. The second-order valence-corrected chi connectivity index (χ2v) is 7.67. The van der Waals surface area contributed by atoms with Crippen molar-refractivity contribution in [1.29, 1.82) is 0 Å². The first-order valence-electron chi connectivity index (χ1n) is 10.5. The number of likely N-dealkylation sites (tertiary alicyclic amines) is 1. The van der Waals surface area contributed by atoms with Gasteiger partial charge in [0.25, 0.3) is 0 Å². The number of aryl methyl sites for hydroxylation is 1. The van der Waals surface area contributed by atoms with Crippen molar-refractivity contribution < 1.29 is 0 Å². The number of aromatic nitrogens is 2. The van der Waals surface area contributed by atoms with Crippen LogP contribution in [-0.4, -0.2) is 46.8 Å². The van der Waals surface area contributed by atoms with Gasteiger partial charge in [-0.3, -0.25) is 9.58 Å². The first-order chi connectivity index (χ1) is 13.7. The summed E-state index contributed by atoms with van der Waals surface area (Å²) in [5, 5.41) is 11.2. The van der Waals surface area contributed by atoms with Gasteiger partial charge in [0.05, 0.1) is 18.3 Å². The van der Waals surface area contributed by atoms with Crippen LogP contribution in [-0.2, 0) is 13.6 Å². The van der Waals surface area contributed by atoms with Crippen molar-refractivity contribution >= 4 is 29.9 Å². The minimum absolute atomic E-state index is 0. The highest BCUT2D eigenvalue weighted by Gasteiger charge is 2.24. The number of hydrogen-bond donors (Lipinski definition) is 2. The average Bonchev–Trinajstić information content (AvgIpc) is 3.13. The number of nitrogens with zero attached hydrogens (tertiary/aromatic N) is 4. The van der Waals surface area contributed by atoms with Crippen molar-refractivity contribution in [2.75, 3.05) is 26.2 Å². The van der Waals surface area contributed by atoms with Crippen molar-refractivity contribution in [3.05, 3.63) is 53.9 Å². The lowest BCUT2D eigenvalue weighted by Crippen LogP contribution is -2.45. The van der Waals surface area contributed by atoms with E-state index >= 15 is 0 Å². The Hall–Kier alpha value is -1.61. The van der Waals surface area contributed by atoms with Crippen LogP contribution in [0.15, 0.2) is 47.6 Å². The molecule has 29 heavy (non-hydrogen) atoms. The van der Waals surface area contributed by atoms with Gasteiger partial charge in [0.15, 0.2) is 5.96 Å². The van der Waals surface area contributed by atoms with Gasteiger partial charge >= 0.3 is 0 Å². The van der Waals surface area contributed by atoms with Crippen LogP contribution in [0.2, 0.25) is 0 Å². The number of nitrogens with one attached hydrogen (secondary N) is 2. The lowest BCUT2D eigenvalue weighted by molar-refractivity contribution is 0.138. The summed E-state index contributed by atoms with van der Waals surface area (Å²) in [5.41, 5.74) is 2.47. The van der Waals surface area contributed by atoms with Crippen LogP contribution in [0.25, 0.3) is 0 Å². The van der Waals surface area contributed by atoms with E-state index in [4.69, 9.17) is 4.99 Å². The van der Waals surface area contributed by atoms with Gasteiger partial charge in [-0.1, -0.05) is 37.3 Å². The molecule has 1 unspecified atom stereocenters. The molecule has 0 saturated carbocycles. The molecule has 2 aromatic rings. The molecule has 160 valence electrons. The Morgan fingerprint density at radius 3 is 2.52 bits per heavy atom. The van der Waals surface area contributed by atoms with E-state index in [-0.39, 0.29) is 24.0 Å². The molecule has 1 fully saturated rings. The van der Waals surface area contributed by atoms with Gasteiger partial charge in [0, 0.05) is 26.3 Å². The molecule has 1 aliphatic heterocycles. The highest BCUT2D eigenvalue weighted by atomic mass is 127. The van der Waals surface area contributed by atoms with Crippen LogP contribution in [0.4, 0.5) is 0 Å². The molecule has 3 rings (SSSR count). The van der Waals surface area contributed by atoms with E-state index in [0.717, 1.165) is 43.8 Å². The fraction of sp³-hybridized carbons (Fsp3) is 0.545. The zero-order valence-corrected chi connectivity index (χ0v) is 20.2. The second kappa shape index (κ2) is 12.2. The molecule has 2 N–H and O–H groups in total. The Balaban J connectivity index is 0.00000300. The fourth-order valence-corrected chi connectivity index (χ4v) is 3.72. The molecule has 7 heteroatoms. The van der Waals surface area contributed by atoms with Gasteiger partial charge in [0.1, 0.15) is 0 Å². The molecule has 0 amide bonds. The molecule has 0 spiro atoms. The molecule has 1 aromatic carbocycles. The van der Waals surface area contributed by atoms with E-state index in [9.17, 15) is 0 Å². The number of hydrogen-bond acceptors (Lipinski definition) is 3. The topological polar surface area (TPSA) is 57.5 Å². The number of guanidine groups is 1.